The Morgan fingerprint density at radius 3 is 2.47 bits per heavy atom. The van der Waals surface area contributed by atoms with E-state index in [1.54, 1.807) is 30.1 Å². The van der Waals surface area contributed by atoms with E-state index in [2.05, 4.69) is 5.10 Å². The summed E-state index contributed by atoms with van der Waals surface area (Å²) < 4.78 is 15.8. The van der Waals surface area contributed by atoms with Crippen LogP contribution in [0.1, 0.15) is 59.3 Å². The van der Waals surface area contributed by atoms with Crippen LogP contribution in [-0.2, 0) is 6.54 Å². The van der Waals surface area contributed by atoms with Crippen LogP contribution < -0.4 is 11.2 Å². The highest BCUT2D eigenvalue weighted by Gasteiger charge is 2.28. The number of nitrogens with zero attached hydrogens (tertiary/aromatic N) is 4. The molecule has 0 atom stereocenters. The van der Waals surface area contributed by atoms with Crippen molar-refractivity contribution in [2.24, 2.45) is 0 Å². The van der Waals surface area contributed by atoms with Crippen molar-refractivity contribution in [3.63, 3.8) is 0 Å². The third-order valence-electron chi connectivity index (χ3n) is 6.67. The van der Waals surface area contributed by atoms with Crippen LogP contribution in [0.15, 0.2) is 52.1 Å². The van der Waals surface area contributed by atoms with Gasteiger partial charge >= 0.3 is 5.69 Å². The first-order valence-corrected chi connectivity index (χ1v) is 11.6. The lowest BCUT2D eigenvalue weighted by Gasteiger charge is -2.30. The first-order valence-electron chi connectivity index (χ1n) is 11.6. The molecule has 0 unspecified atom stereocenters. The molecule has 8 heteroatoms. The molecule has 0 saturated heterocycles. The van der Waals surface area contributed by atoms with Crippen molar-refractivity contribution >= 4 is 5.91 Å². The first-order chi connectivity index (χ1) is 16.3. The number of amides is 1. The number of halogens is 1. The van der Waals surface area contributed by atoms with Crippen LogP contribution in [-0.4, -0.2) is 38.2 Å². The topological polar surface area (TPSA) is 77.2 Å². The largest absolute Gasteiger partial charge is 0.352 e. The summed E-state index contributed by atoms with van der Waals surface area (Å²) in [6, 6.07) is 11.1. The van der Waals surface area contributed by atoms with Crippen molar-refractivity contribution in [2.75, 3.05) is 7.05 Å². The van der Waals surface area contributed by atoms with Crippen LogP contribution in [0.25, 0.3) is 5.69 Å². The Labute approximate surface area is 197 Å². The van der Waals surface area contributed by atoms with Crippen LogP contribution in [0.4, 0.5) is 4.39 Å². The second-order valence-electron chi connectivity index (χ2n) is 9.04. The van der Waals surface area contributed by atoms with Crippen LogP contribution in [0, 0.1) is 19.7 Å². The van der Waals surface area contributed by atoms with E-state index in [9.17, 15) is 18.8 Å². The number of aryl methyl sites for hydroxylation is 2. The van der Waals surface area contributed by atoms with Crippen molar-refractivity contribution in [1.29, 1.82) is 0 Å². The number of hydrogen-bond donors (Lipinski definition) is 0. The molecule has 1 saturated carbocycles. The Balaban J connectivity index is 1.86. The first kappa shape index (κ1) is 23.6. The lowest BCUT2D eigenvalue weighted by Crippen LogP contribution is -2.48. The Morgan fingerprint density at radius 2 is 1.79 bits per heavy atom. The van der Waals surface area contributed by atoms with E-state index in [4.69, 9.17) is 0 Å². The number of carbonyl (C=O) groups is 1. The highest BCUT2D eigenvalue weighted by atomic mass is 19.1. The fraction of sp³-hybridized carbons (Fsp3) is 0.385. The fourth-order valence-electron chi connectivity index (χ4n) is 4.43. The van der Waals surface area contributed by atoms with Gasteiger partial charge in [-0.1, -0.05) is 37.5 Å². The molecule has 2 aromatic carbocycles. The molecule has 178 valence electrons. The van der Waals surface area contributed by atoms with Crippen molar-refractivity contribution < 1.29 is 9.18 Å². The van der Waals surface area contributed by atoms with Crippen LogP contribution in [0.3, 0.4) is 0 Å². The molecule has 3 aromatic rings. The third kappa shape index (κ3) is 4.71. The van der Waals surface area contributed by atoms with E-state index < -0.39 is 23.0 Å². The molecule has 0 spiro atoms. The van der Waals surface area contributed by atoms with Gasteiger partial charge in [-0.05, 0) is 67.6 Å². The molecular formula is C26H29FN4O3. The average Bonchev–Trinajstić information content (AvgIpc) is 2.83. The highest BCUT2D eigenvalue weighted by molar-refractivity contribution is 5.91. The summed E-state index contributed by atoms with van der Waals surface area (Å²) in [6.07, 6.45) is 4.94. The van der Waals surface area contributed by atoms with Gasteiger partial charge in [0, 0.05) is 13.1 Å². The minimum atomic E-state index is -0.776. The van der Waals surface area contributed by atoms with Crippen LogP contribution in [0.5, 0.6) is 0 Å². The second kappa shape index (κ2) is 9.75. The molecule has 1 aliphatic carbocycles. The van der Waals surface area contributed by atoms with Gasteiger partial charge in [0.1, 0.15) is 5.82 Å². The van der Waals surface area contributed by atoms with Gasteiger partial charge in [-0.3, -0.25) is 14.2 Å². The summed E-state index contributed by atoms with van der Waals surface area (Å²) in [5.74, 6) is -0.982. The monoisotopic (exact) mass is 464 g/mol. The maximum Gasteiger partial charge on any atom is 0.352 e. The lowest BCUT2D eigenvalue weighted by atomic mass is 9.94. The average molecular weight is 465 g/mol. The minimum absolute atomic E-state index is 0.0288. The molecule has 34 heavy (non-hydrogen) atoms. The van der Waals surface area contributed by atoms with Gasteiger partial charge in [-0.25, -0.2) is 9.18 Å². The second-order valence-corrected chi connectivity index (χ2v) is 9.04. The standard InChI is InChI=1S/C26H29FN4O3/c1-17-12-13-22(14-18(17)2)31-26(34)30(16-19-8-7-9-20(27)15-19)25(33)23(28-31)24(32)29(3)21-10-5-4-6-11-21/h7-9,12-15,21H,4-6,10-11,16H2,1-3H3. The van der Waals surface area contributed by atoms with E-state index in [1.165, 1.54) is 18.2 Å². The van der Waals surface area contributed by atoms with E-state index in [-0.39, 0.29) is 18.3 Å². The lowest BCUT2D eigenvalue weighted by molar-refractivity contribution is 0.0684. The van der Waals surface area contributed by atoms with Gasteiger partial charge < -0.3 is 4.90 Å². The number of benzene rings is 2. The molecule has 1 aromatic heterocycles. The SMILES string of the molecule is Cc1ccc(-n2nc(C(=O)N(C)C3CCCCC3)c(=O)n(Cc3cccc(F)c3)c2=O)cc1C. The van der Waals surface area contributed by atoms with Gasteiger partial charge in [0.05, 0.1) is 12.2 Å². The van der Waals surface area contributed by atoms with Crippen molar-refractivity contribution in [3.8, 4) is 5.69 Å². The molecule has 4 rings (SSSR count). The predicted octanol–water partition coefficient (Wildman–Crippen LogP) is 3.60. The summed E-state index contributed by atoms with van der Waals surface area (Å²) in [5, 5.41) is 4.25. The molecule has 0 aliphatic heterocycles. The summed E-state index contributed by atoms with van der Waals surface area (Å²) >= 11 is 0. The van der Waals surface area contributed by atoms with E-state index in [0.29, 0.717) is 11.3 Å². The zero-order valence-corrected chi connectivity index (χ0v) is 19.8. The van der Waals surface area contributed by atoms with Gasteiger partial charge in [0.2, 0.25) is 5.69 Å². The van der Waals surface area contributed by atoms with Gasteiger partial charge in [0.25, 0.3) is 11.5 Å². The Bertz CT molecular complexity index is 1340. The molecule has 1 amide bonds. The Kier molecular flexibility index (Phi) is 6.77. The molecule has 0 radical (unpaired) electrons. The molecule has 7 nitrogen and oxygen atoms in total. The number of carbonyl (C=O) groups excluding carboxylic acids is 1. The molecule has 1 aliphatic rings. The summed E-state index contributed by atoms with van der Waals surface area (Å²) in [5.41, 5.74) is 1.10. The van der Waals surface area contributed by atoms with Gasteiger partial charge in [-0.2, -0.15) is 9.78 Å². The van der Waals surface area contributed by atoms with E-state index in [0.717, 1.165) is 52.5 Å². The molecule has 1 heterocycles. The van der Waals surface area contributed by atoms with Crippen LogP contribution in [0.2, 0.25) is 0 Å². The summed E-state index contributed by atoms with van der Waals surface area (Å²) in [4.78, 5) is 41.7. The van der Waals surface area contributed by atoms with Gasteiger partial charge in [-0.15, -0.1) is 0 Å². The maximum absolute atomic E-state index is 13.8. The number of hydrogen-bond acceptors (Lipinski definition) is 4. The Morgan fingerprint density at radius 1 is 1.06 bits per heavy atom. The molecule has 1 fully saturated rings. The Hall–Kier alpha value is -3.55. The van der Waals surface area contributed by atoms with Crippen molar-refractivity contribution in [2.45, 2.75) is 58.5 Å². The normalized spacial score (nSPS) is 14.2. The number of aromatic nitrogens is 3. The minimum Gasteiger partial charge on any atom is -0.337 e. The molecule has 0 N–H and O–H groups in total. The zero-order chi connectivity index (χ0) is 24.4. The number of rotatable bonds is 5. The summed E-state index contributed by atoms with van der Waals surface area (Å²) in [7, 11) is 1.68. The highest BCUT2D eigenvalue weighted by Crippen LogP contribution is 2.22. The smallest absolute Gasteiger partial charge is 0.337 e. The van der Waals surface area contributed by atoms with Crippen molar-refractivity contribution in [1.82, 2.24) is 19.2 Å². The molecule has 0 bridgehead atoms. The summed E-state index contributed by atoms with van der Waals surface area (Å²) in [6.45, 7) is 3.69. The quantitative estimate of drug-likeness (QED) is 0.578. The van der Waals surface area contributed by atoms with Crippen molar-refractivity contribution in [3.05, 3.63) is 91.5 Å². The van der Waals surface area contributed by atoms with Gasteiger partial charge in [0.15, 0.2) is 0 Å². The third-order valence-corrected chi connectivity index (χ3v) is 6.67. The maximum atomic E-state index is 13.8. The molecular weight excluding hydrogens is 435 g/mol. The fourth-order valence-corrected chi connectivity index (χ4v) is 4.43. The van der Waals surface area contributed by atoms with E-state index >= 15 is 0 Å². The predicted molar refractivity (Wildman–Crippen MR) is 128 cm³/mol. The zero-order valence-electron chi connectivity index (χ0n) is 19.8. The van der Waals surface area contributed by atoms with Crippen LogP contribution >= 0.6 is 0 Å². The van der Waals surface area contributed by atoms with E-state index in [1.807, 2.05) is 19.9 Å².